The molecule has 1 unspecified atom stereocenters. The van der Waals surface area contributed by atoms with Gasteiger partial charge in [0.15, 0.2) is 5.75 Å². The van der Waals surface area contributed by atoms with Gasteiger partial charge in [-0.3, -0.25) is 0 Å². The normalized spacial score (nSPS) is 22.6. The molecule has 20 heavy (non-hydrogen) atoms. The van der Waals surface area contributed by atoms with Crippen LogP contribution >= 0.6 is 0 Å². The van der Waals surface area contributed by atoms with Gasteiger partial charge in [-0.2, -0.15) is 0 Å². The quantitative estimate of drug-likeness (QED) is 0.871. The Morgan fingerprint density at radius 3 is 2.65 bits per heavy atom. The third-order valence-corrected chi connectivity index (χ3v) is 4.34. The molecule has 5 heteroatoms. The van der Waals surface area contributed by atoms with Crippen LogP contribution in [0.4, 0.5) is 18.9 Å². The molecule has 1 N–H and O–H groups in total. The number of nitrogens with one attached hydrogen (secondary N) is 1. The fourth-order valence-corrected chi connectivity index (χ4v) is 3.48. The van der Waals surface area contributed by atoms with Crippen molar-refractivity contribution >= 4 is 5.69 Å². The summed E-state index contributed by atoms with van der Waals surface area (Å²) in [6.45, 7) is 0.712. The maximum Gasteiger partial charge on any atom is 0.573 e. The number of benzene rings is 1. The molecule has 3 rings (SSSR count). The molecule has 1 aliphatic carbocycles. The van der Waals surface area contributed by atoms with Crippen molar-refractivity contribution in [2.45, 2.75) is 44.4 Å². The van der Waals surface area contributed by atoms with Gasteiger partial charge in [-0.05, 0) is 24.0 Å². The first-order chi connectivity index (χ1) is 9.53. The predicted octanol–water partition coefficient (Wildman–Crippen LogP) is 4.67. The number of fused-ring (bicyclic) bond motifs is 1. The monoisotopic (exact) mass is 285 g/mol. The van der Waals surface area contributed by atoms with E-state index in [1.165, 1.54) is 31.7 Å². The largest absolute Gasteiger partial charge is 0.573 e. The highest BCUT2D eigenvalue weighted by Gasteiger charge is 2.35. The highest BCUT2D eigenvalue weighted by molar-refractivity contribution is 5.66. The molecule has 0 bridgehead atoms. The number of rotatable bonds is 3. The van der Waals surface area contributed by atoms with E-state index in [0.717, 1.165) is 17.9 Å². The van der Waals surface area contributed by atoms with Crippen LogP contribution in [0.2, 0.25) is 0 Å². The van der Waals surface area contributed by atoms with Gasteiger partial charge in [-0.15, -0.1) is 13.2 Å². The van der Waals surface area contributed by atoms with E-state index in [0.29, 0.717) is 18.2 Å². The van der Waals surface area contributed by atoms with Gasteiger partial charge < -0.3 is 10.1 Å². The molecule has 1 aromatic rings. The van der Waals surface area contributed by atoms with Crippen LogP contribution in [0.25, 0.3) is 0 Å². The zero-order valence-corrected chi connectivity index (χ0v) is 11.2. The molecule has 1 saturated carbocycles. The molecule has 1 aliphatic heterocycles. The van der Waals surface area contributed by atoms with E-state index in [2.05, 4.69) is 10.1 Å². The minimum atomic E-state index is -4.64. The molecule has 1 heterocycles. The van der Waals surface area contributed by atoms with Crippen LogP contribution in [0.3, 0.4) is 0 Å². The zero-order valence-electron chi connectivity index (χ0n) is 11.2. The summed E-state index contributed by atoms with van der Waals surface area (Å²) in [6.07, 6.45) is 1.51. The SMILES string of the molecule is FC(F)(F)Oc1cccc2c1NCC2CC1CCCC1. The summed E-state index contributed by atoms with van der Waals surface area (Å²) in [6, 6.07) is 4.93. The van der Waals surface area contributed by atoms with Crippen LogP contribution in [-0.2, 0) is 0 Å². The molecule has 1 atom stereocenters. The molecular formula is C15H18F3NO. The number of ether oxygens (including phenoxy) is 1. The molecule has 1 fully saturated rings. The summed E-state index contributed by atoms with van der Waals surface area (Å²) in [5.41, 5.74) is 1.49. The fraction of sp³-hybridized carbons (Fsp3) is 0.600. The topological polar surface area (TPSA) is 21.3 Å². The van der Waals surface area contributed by atoms with Crippen LogP contribution in [0.5, 0.6) is 5.75 Å². The lowest BCUT2D eigenvalue weighted by Crippen LogP contribution is -2.17. The molecule has 2 aliphatic rings. The fourth-order valence-electron chi connectivity index (χ4n) is 3.48. The summed E-state index contributed by atoms with van der Waals surface area (Å²) in [4.78, 5) is 0. The minimum absolute atomic E-state index is 0.107. The van der Waals surface area contributed by atoms with Gasteiger partial charge in [0.1, 0.15) is 0 Å². The summed E-state index contributed by atoms with van der Waals surface area (Å²) < 4.78 is 41.3. The van der Waals surface area contributed by atoms with Crippen molar-refractivity contribution in [2.75, 3.05) is 11.9 Å². The second kappa shape index (κ2) is 5.19. The average Bonchev–Trinajstić information content (AvgIpc) is 2.99. The molecule has 0 aromatic heterocycles. The van der Waals surface area contributed by atoms with Gasteiger partial charge in [0.05, 0.1) is 5.69 Å². The number of para-hydroxylation sites is 1. The van der Waals surface area contributed by atoms with E-state index in [1.54, 1.807) is 6.07 Å². The molecule has 110 valence electrons. The first-order valence-corrected chi connectivity index (χ1v) is 7.15. The zero-order chi connectivity index (χ0) is 14.2. The summed E-state index contributed by atoms with van der Waals surface area (Å²) >= 11 is 0. The highest BCUT2D eigenvalue weighted by Crippen LogP contribution is 2.44. The van der Waals surface area contributed by atoms with Crippen molar-refractivity contribution in [1.29, 1.82) is 0 Å². The maximum atomic E-state index is 12.4. The van der Waals surface area contributed by atoms with Crippen LogP contribution in [0, 0.1) is 5.92 Å². The second-order valence-electron chi connectivity index (χ2n) is 5.73. The highest BCUT2D eigenvalue weighted by atomic mass is 19.4. The smallest absolute Gasteiger partial charge is 0.404 e. The average molecular weight is 285 g/mol. The molecule has 0 amide bonds. The first-order valence-electron chi connectivity index (χ1n) is 7.15. The van der Waals surface area contributed by atoms with Gasteiger partial charge in [-0.25, -0.2) is 0 Å². The lowest BCUT2D eigenvalue weighted by molar-refractivity contribution is -0.274. The van der Waals surface area contributed by atoms with E-state index in [9.17, 15) is 13.2 Å². The van der Waals surface area contributed by atoms with Crippen molar-refractivity contribution in [3.05, 3.63) is 23.8 Å². The van der Waals surface area contributed by atoms with Gasteiger partial charge in [0, 0.05) is 12.5 Å². The van der Waals surface area contributed by atoms with E-state index in [4.69, 9.17) is 0 Å². The number of hydrogen-bond acceptors (Lipinski definition) is 2. The summed E-state index contributed by atoms with van der Waals surface area (Å²) in [5.74, 6) is 0.925. The van der Waals surface area contributed by atoms with Crippen LogP contribution in [-0.4, -0.2) is 12.9 Å². The molecule has 0 saturated heterocycles. The van der Waals surface area contributed by atoms with E-state index in [1.807, 2.05) is 6.07 Å². The molecular weight excluding hydrogens is 267 g/mol. The Bertz CT molecular complexity index is 480. The maximum absolute atomic E-state index is 12.4. The van der Waals surface area contributed by atoms with Crippen molar-refractivity contribution in [3.63, 3.8) is 0 Å². The number of alkyl halides is 3. The Labute approximate surface area is 116 Å². The standard InChI is InChI=1S/C15H18F3NO/c16-15(17,18)20-13-7-3-6-12-11(9-19-14(12)13)8-10-4-1-2-5-10/h3,6-7,10-11,19H,1-2,4-5,8-9H2. The number of hydrogen-bond donors (Lipinski definition) is 1. The molecule has 0 radical (unpaired) electrons. The van der Waals surface area contributed by atoms with Crippen LogP contribution < -0.4 is 10.1 Å². The Morgan fingerprint density at radius 1 is 1.20 bits per heavy atom. The van der Waals surface area contributed by atoms with E-state index in [-0.39, 0.29) is 5.75 Å². The van der Waals surface area contributed by atoms with E-state index < -0.39 is 6.36 Å². The summed E-state index contributed by atoms with van der Waals surface area (Å²) in [5, 5.41) is 3.09. The Hall–Kier alpha value is -1.39. The van der Waals surface area contributed by atoms with Crippen molar-refractivity contribution < 1.29 is 17.9 Å². The van der Waals surface area contributed by atoms with Crippen LogP contribution in [0.1, 0.15) is 43.6 Å². The minimum Gasteiger partial charge on any atom is -0.404 e. The number of anilines is 1. The third-order valence-electron chi connectivity index (χ3n) is 4.34. The van der Waals surface area contributed by atoms with Gasteiger partial charge >= 0.3 is 6.36 Å². The first kappa shape index (κ1) is 13.6. The Morgan fingerprint density at radius 2 is 1.95 bits per heavy atom. The van der Waals surface area contributed by atoms with Gasteiger partial charge in [-0.1, -0.05) is 37.8 Å². The number of halogens is 3. The second-order valence-corrected chi connectivity index (χ2v) is 5.73. The molecule has 0 spiro atoms. The molecule has 2 nitrogen and oxygen atoms in total. The Kier molecular flexibility index (Phi) is 3.52. The molecule has 1 aromatic carbocycles. The van der Waals surface area contributed by atoms with E-state index >= 15 is 0 Å². The van der Waals surface area contributed by atoms with Crippen molar-refractivity contribution in [2.24, 2.45) is 5.92 Å². The lowest BCUT2D eigenvalue weighted by atomic mass is 9.89. The third kappa shape index (κ3) is 2.86. The van der Waals surface area contributed by atoms with Gasteiger partial charge in [0.2, 0.25) is 0 Å². The van der Waals surface area contributed by atoms with Crippen molar-refractivity contribution in [1.82, 2.24) is 0 Å². The van der Waals surface area contributed by atoms with Gasteiger partial charge in [0.25, 0.3) is 0 Å². The lowest BCUT2D eigenvalue weighted by Gasteiger charge is -2.16. The summed E-state index contributed by atoms with van der Waals surface area (Å²) in [7, 11) is 0. The van der Waals surface area contributed by atoms with Crippen LogP contribution in [0.15, 0.2) is 18.2 Å². The van der Waals surface area contributed by atoms with Crippen molar-refractivity contribution in [3.8, 4) is 5.75 Å². The Balaban J connectivity index is 1.77. The predicted molar refractivity (Wildman–Crippen MR) is 70.9 cm³/mol.